The van der Waals surface area contributed by atoms with Gasteiger partial charge in [-0.05, 0) is 95.0 Å². The SMILES string of the molecule is CCOC(=O)CC[C@H]1CC[C@H](N2CCN(c3ccc4c(c3)CCN(C)C(C(=O)OCC)C4)C2=O)CC1.Cl. The first-order valence-electron chi connectivity index (χ1n) is 13.6. The summed E-state index contributed by atoms with van der Waals surface area (Å²) in [7, 11) is 1.97. The van der Waals surface area contributed by atoms with Gasteiger partial charge in [0.1, 0.15) is 6.04 Å². The predicted octanol–water partition coefficient (Wildman–Crippen LogP) is 4.21. The summed E-state index contributed by atoms with van der Waals surface area (Å²) in [5, 5.41) is 0. The Morgan fingerprint density at radius 2 is 1.70 bits per heavy atom. The van der Waals surface area contributed by atoms with E-state index < -0.39 is 0 Å². The van der Waals surface area contributed by atoms with Gasteiger partial charge in [0.05, 0.1) is 13.2 Å². The zero-order valence-corrected chi connectivity index (χ0v) is 23.3. The molecule has 0 spiro atoms. The lowest BCUT2D eigenvalue weighted by atomic mass is 9.83. The Balaban J connectivity index is 0.00000380. The molecular formula is C28H42ClN3O5. The minimum atomic E-state index is -0.270. The van der Waals surface area contributed by atoms with Gasteiger partial charge < -0.3 is 14.4 Å². The molecule has 1 aromatic carbocycles. The lowest BCUT2D eigenvalue weighted by Gasteiger charge is -2.34. The normalized spacial score (nSPS) is 24.2. The number of fused-ring (bicyclic) bond motifs is 1. The lowest BCUT2D eigenvalue weighted by molar-refractivity contribution is -0.149. The van der Waals surface area contributed by atoms with Gasteiger partial charge in [0.2, 0.25) is 0 Å². The average Bonchev–Trinajstić information content (AvgIpc) is 3.17. The molecule has 0 N–H and O–H groups in total. The third-order valence-corrected chi connectivity index (χ3v) is 8.10. The second-order valence-corrected chi connectivity index (χ2v) is 10.3. The van der Waals surface area contributed by atoms with Gasteiger partial charge in [0.25, 0.3) is 0 Å². The van der Waals surface area contributed by atoms with Crippen molar-refractivity contribution in [1.82, 2.24) is 9.80 Å². The monoisotopic (exact) mass is 535 g/mol. The van der Waals surface area contributed by atoms with E-state index in [1.165, 1.54) is 5.56 Å². The second-order valence-electron chi connectivity index (χ2n) is 10.3. The van der Waals surface area contributed by atoms with Crippen LogP contribution in [0.25, 0.3) is 0 Å². The second kappa shape index (κ2) is 13.5. The van der Waals surface area contributed by atoms with Crippen LogP contribution >= 0.6 is 12.4 Å². The molecule has 3 aliphatic rings. The van der Waals surface area contributed by atoms with Crippen molar-refractivity contribution in [2.75, 3.05) is 44.8 Å². The largest absolute Gasteiger partial charge is 0.466 e. The molecule has 2 amide bonds. The minimum Gasteiger partial charge on any atom is -0.466 e. The molecule has 206 valence electrons. The molecule has 37 heavy (non-hydrogen) atoms. The summed E-state index contributed by atoms with van der Waals surface area (Å²) in [6.45, 7) is 6.73. The van der Waals surface area contributed by atoms with Gasteiger partial charge in [-0.15, -0.1) is 12.4 Å². The van der Waals surface area contributed by atoms with Crippen molar-refractivity contribution in [3.63, 3.8) is 0 Å². The summed E-state index contributed by atoms with van der Waals surface area (Å²) in [6.07, 6.45) is 6.96. The van der Waals surface area contributed by atoms with Crippen molar-refractivity contribution >= 4 is 36.1 Å². The first-order chi connectivity index (χ1) is 17.4. The van der Waals surface area contributed by atoms with Crippen molar-refractivity contribution < 1.29 is 23.9 Å². The van der Waals surface area contributed by atoms with Crippen LogP contribution in [0.3, 0.4) is 0 Å². The average molecular weight is 536 g/mol. The van der Waals surface area contributed by atoms with E-state index >= 15 is 0 Å². The fraction of sp³-hybridized carbons (Fsp3) is 0.679. The Bertz CT molecular complexity index is 950. The summed E-state index contributed by atoms with van der Waals surface area (Å²) in [4.78, 5) is 43.5. The molecule has 4 rings (SSSR count). The van der Waals surface area contributed by atoms with E-state index in [0.717, 1.165) is 62.9 Å². The van der Waals surface area contributed by atoms with Crippen molar-refractivity contribution in [2.45, 2.75) is 77.3 Å². The van der Waals surface area contributed by atoms with Gasteiger partial charge in [-0.25, -0.2) is 4.79 Å². The number of anilines is 1. The summed E-state index contributed by atoms with van der Waals surface area (Å²) in [5.74, 6) is 0.271. The third kappa shape index (κ3) is 6.96. The number of carbonyl (C=O) groups excluding carboxylic acids is 3. The molecule has 9 heteroatoms. The van der Waals surface area contributed by atoms with Crippen LogP contribution in [0.4, 0.5) is 10.5 Å². The number of urea groups is 1. The zero-order chi connectivity index (χ0) is 25.7. The molecule has 0 aromatic heterocycles. The number of esters is 2. The summed E-state index contributed by atoms with van der Waals surface area (Å²) < 4.78 is 10.3. The fourth-order valence-corrected chi connectivity index (χ4v) is 5.96. The Morgan fingerprint density at radius 3 is 2.41 bits per heavy atom. The van der Waals surface area contributed by atoms with Crippen LogP contribution in [-0.2, 0) is 31.9 Å². The molecule has 2 fully saturated rings. The van der Waals surface area contributed by atoms with Gasteiger partial charge in [0.15, 0.2) is 0 Å². The minimum absolute atomic E-state index is 0. The smallest absolute Gasteiger partial charge is 0.324 e. The summed E-state index contributed by atoms with van der Waals surface area (Å²) in [5.41, 5.74) is 3.31. The van der Waals surface area contributed by atoms with Crippen LogP contribution < -0.4 is 4.90 Å². The van der Waals surface area contributed by atoms with E-state index in [2.05, 4.69) is 21.9 Å². The first kappa shape index (κ1) is 29.2. The number of nitrogens with zero attached hydrogens (tertiary/aromatic N) is 3. The first-order valence-corrected chi connectivity index (χ1v) is 13.6. The zero-order valence-electron chi connectivity index (χ0n) is 22.4. The lowest BCUT2D eigenvalue weighted by Crippen LogP contribution is -2.41. The Labute approximate surface area is 227 Å². The number of carbonyl (C=O) groups is 3. The summed E-state index contributed by atoms with van der Waals surface area (Å²) in [6, 6.07) is 6.36. The number of likely N-dealkylation sites (N-methyl/N-ethyl adjacent to an activating group) is 1. The molecule has 0 radical (unpaired) electrons. The molecule has 1 aromatic rings. The standard InChI is InChI=1S/C28H41N3O5.ClH/c1-4-35-26(32)13-8-20-6-10-23(11-7-20)30-16-17-31(28(30)34)24-12-9-21-19-25(27(33)36-5-2)29(3)15-14-22(21)18-24;/h9,12,18,20,23,25H,4-8,10-11,13-17,19H2,1-3H3;1H/t20-,23-,25?;. The maximum atomic E-state index is 13.4. The van der Waals surface area contributed by atoms with Crippen molar-refractivity contribution in [3.8, 4) is 0 Å². The quantitative estimate of drug-likeness (QED) is 0.464. The third-order valence-electron chi connectivity index (χ3n) is 8.10. The number of halogens is 1. The molecule has 1 saturated carbocycles. The van der Waals surface area contributed by atoms with E-state index in [1.807, 2.05) is 31.9 Å². The van der Waals surface area contributed by atoms with Crippen molar-refractivity contribution in [2.24, 2.45) is 5.92 Å². The molecule has 0 bridgehead atoms. The highest BCUT2D eigenvalue weighted by molar-refractivity contribution is 5.94. The maximum Gasteiger partial charge on any atom is 0.324 e. The highest BCUT2D eigenvalue weighted by atomic mass is 35.5. The molecule has 8 nitrogen and oxygen atoms in total. The van der Waals surface area contributed by atoms with Crippen LogP contribution in [0.5, 0.6) is 0 Å². The number of hydrogen-bond donors (Lipinski definition) is 0. The van der Waals surface area contributed by atoms with Gasteiger partial charge in [-0.2, -0.15) is 0 Å². The summed E-state index contributed by atoms with van der Waals surface area (Å²) >= 11 is 0. The van der Waals surface area contributed by atoms with E-state index in [-0.39, 0.29) is 42.5 Å². The van der Waals surface area contributed by atoms with Crippen LogP contribution in [0, 0.1) is 5.92 Å². The van der Waals surface area contributed by atoms with Crippen LogP contribution in [-0.4, -0.2) is 79.7 Å². The van der Waals surface area contributed by atoms with E-state index in [0.29, 0.717) is 38.5 Å². The van der Waals surface area contributed by atoms with Gasteiger partial charge in [-0.1, -0.05) is 6.07 Å². The molecule has 1 unspecified atom stereocenters. The molecule has 2 heterocycles. The maximum absolute atomic E-state index is 13.4. The Hall–Kier alpha value is -2.32. The Morgan fingerprint density at radius 1 is 0.973 bits per heavy atom. The van der Waals surface area contributed by atoms with Crippen LogP contribution in [0.2, 0.25) is 0 Å². The van der Waals surface area contributed by atoms with Crippen LogP contribution in [0.1, 0.15) is 63.5 Å². The fourth-order valence-electron chi connectivity index (χ4n) is 5.96. The molecule has 1 aliphatic carbocycles. The van der Waals surface area contributed by atoms with Crippen molar-refractivity contribution in [3.05, 3.63) is 29.3 Å². The molecule has 1 saturated heterocycles. The highest BCUT2D eigenvalue weighted by Crippen LogP contribution is 2.34. The number of rotatable bonds is 8. The Kier molecular flexibility index (Phi) is 10.6. The van der Waals surface area contributed by atoms with E-state index in [4.69, 9.17) is 9.47 Å². The van der Waals surface area contributed by atoms with Crippen LogP contribution in [0.15, 0.2) is 18.2 Å². The van der Waals surface area contributed by atoms with Gasteiger partial charge in [-0.3, -0.25) is 19.4 Å². The topological polar surface area (TPSA) is 79.4 Å². The predicted molar refractivity (Wildman–Crippen MR) is 145 cm³/mol. The number of hydrogen-bond acceptors (Lipinski definition) is 6. The van der Waals surface area contributed by atoms with Crippen molar-refractivity contribution in [1.29, 1.82) is 0 Å². The number of ether oxygens (including phenoxy) is 2. The molecule has 2 aliphatic heterocycles. The molecule has 1 atom stereocenters. The number of benzene rings is 1. The number of amides is 2. The highest BCUT2D eigenvalue weighted by Gasteiger charge is 2.37. The van der Waals surface area contributed by atoms with Gasteiger partial charge in [0, 0.05) is 37.8 Å². The van der Waals surface area contributed by atoms with Gasteiger partial charge >= 0.3 is 18.0 Å². The van der Waals surface area contributed by atoms with E-state index in [1.54, 1.807) is 0 Å². The van der Waals surface area contributed by atoms with E-state index in [9.17, 15) is 14.4 Å². The molecular weight excluding hydrogens is 494 g/mol.